The number of benzene rings is 1. The lowest BCUT2D eigenvalue weighted by Crippen LogP contribution is -2.27. The third-order valence-corrected chi connectivity index (χ3v) is 3.30. The maximum absolute atomic E-state index is 9.10. The van der Waals surface area contributed by atoms with Crippen molar-refractivity contribution >= 4 is 11.9 Å². The summed E-state index contributed by atoms with van der Waals surface area (Å²) in [5.41, 5.74) is 1.36. The van der Waals surface area contributed by atoms with Crippen molar-refractivity contribution < 1.29 is 24.5 Å². The van der Waals surface area contributed by atoms with Crippen molar-refractivity contribution in [3.63, 3.8) is 0 Å². The van der Waals surface area contributed by atoms with Gasteiger partial charge in [0.25, 0.3) is 0 Å². The highest BCUT2D eigenvalue weighted by molar-refractivity contribution is 6.27. The number of carbonyl (C=O) groups is 2. The van der Waals surface area contributed by atoms with E-state index in [-0.39, 0.29) is 0 Å². The highest BCUT2D eigenvalue weighted by Gasteiger charge is 2.04. The van der Waals surface area contributed by atoms with Gasteiger partial charge in [0.1, 0.15) is 12.4 Å². The number of aliphatic carboxylic acids is 2. The number of rotatable bonds is 7. The Kier molecular flexibility index (Phi) is 10.4. The van der Waals surface area contributed by atoms with Gasteiger partial charge < -0.3 is 19.8 Å². The van der Waals surface area contributed by atoms with Gasteiger partial charge in [0.2, 0.25) is 0 Å². The molecule has 0 aliphatic heterocycles. The van der Waals surface area contributed by atoms with Gasteiger partial charge in [-0.15, -0.1) is 0 Å². The molecule has 6 heteroatoms. The predicted molar refractivity (Wildman–Crippen MR) is 89.1 cm³/mol. The van der Waals surface area contributed by atoms with Gasteiger partial charge >= 0.3 is 11.9 Å². The van der Waals surface area contributed by atoms with E-state index < -0.39 is 11.9 Å². The van der Waals surface area contributed by atoms with Crippen molar-refractivity contribution in [3.05, 3.63) is 29.8 Å². The highest BCUT2D eigenvalue weighted by atomic mass is 16.5. The largest absolute Gasteiger partial charge is 0.492 e. The zero-order valence-electron chi connectivity index (χ0n) is 14.3. The van der Waals surface area contributed by atoms with Crippen molar-refractivity contribution in [1.82, 2.24) is 4.90 Å². The van der Waals surface area contributed by atoms with E-state index in [0.717, 1.165) is 32.0 Å². The fourth-order valence-electron chi connectivity index (χ4n) is 1.78. The molecule has 0 radical (unpaired) electrons. The molecule has 6 nitrogen and oxygen atoms in total. The average molecular weight is 325 g/mol. The monoisotopic (exact) mass is 325 g/mol. The van der Waals surface area contributed by atoms with Gasteiger partial charge in [0, 0.05) is 6.54 Å². The van der Waals surface area contributed by atoms with E-state index in [0.29, 0.717) is 5.92 Å². The van der Waals surface area contributed by atoms with Crippen LogP contribution in [0.5, 0.6) is 5.75 Å². The number of carboxylic acid groups (broad SMARTS) is 2. The SMILES string of the molecule is CCN(CC)CCOc1ccc(C(C)C)cc1.O=C(O)C(=O)O. The first-order chi connectivity index (χ1) is 10.8. The summed E-state index contributed by atoms with van der Waals surface area (Å²) in [4.78, 5) is 20.6. The van der Waals surface area contributed by atoms with Gasteiger partial charge in [-0.1, -0.05) is 39.8 Å². The molecule has 1 aromatic rings. The summed E-state index contributed by atoms with van der Waals surface area (Å²) in [6.07, 6.45) is 0. The molecule has 0 atom stereocenters. The Balaban J connectivity index is 0.000000688. The Morgan fingerprint density at radius 2 is 1.52 bits per heavy atom. The lowest BCUT2D eigenvalue weighted by Gasteiger charge is -2.18. The molecule has 0 unspecified atom stereocenters. The molecule has 0 aliphatic carbocycles. The van der Waals surface area contributed by atoms with Gasteiger partial charge in [-0.25, -0.2) is 9.59 Å². The molecule has 2 N–H and O–H groups in total. The molecule has 0 saturated carbocycles. The van der Waals surface area contributed by atoms with Gasteiger partial charge in [0.15, 0.2) is 0 Å². The lowest BCUT2D eigenvalue weighted by molar-refractivity contribution is -0.159. The maximum atomic E-state index is 9.10. The molecule has 23 heavy (non-hydrogen) atoms. The summed E-state index contributed by atoms with van der Waals surface area (Å²) in [5.74, 6) is -2.09. The van der Waals surface area contributed by atoms with E-state index in [1.54, 1.807) is 0 Å². The molecule has 0 spiro atoms. The quantitative estimate of drug-likeness (QED) is 0.750. The normalized spacial score (nSPS) is 10.2. The fourth-order valence-corrected chi connectivity index (χ4v) is 1.78. The lowest BCUT2D eigenvalue weighted by atomic mass is 10.0. The van der Waals surface area contributed by atoms with Crippen LogP contribution in [0.3, 0.4) is 0 Å². The van der Waals surface area contributed by atoms with Crippen LogP contribution in [-0.2, 0) is 9.59 Å². The Labute approximate surface area is 137 Å². The number of likely N-dealkylation sites (N-methyl/N-ethyl adjacent to an activating group) is 1. The fraction of sp³-hybridized carbons (Fsp3) is 0.529. The molecule has 0 saturated heterocycles. The Hall–Kier alpha value is -2.08. The van der Waals surface area contributed by atoms with Crippen molar-refractivity contribution in [3.8, 4) is 5.75 Å². The Morgan fingerprint density at radius 1 is 1.04 bits per heavy atom. The smallest absolute Gasteiger partial charge is 0.414 e. The first-order valence-electron chi connectivity index (χ1n) is 7.73. The van der Waals surface area contributed by atoms with E-state index >= 15 is 0 Å². The standard InChI is InChI=1S/C15H25NO.C2H2O4/c1-5-16(6-2)11-12-17-15-9-7-14(8-10-15)13(3)4;3-1(4)2(5)6/h7-10,13H,5-6,11-12H2,1-4H3;(H,3,4)(H,5,6). The Morgan fingerprint density at radius 3 is 1.87 bits per heavy atom. The molecular formula is C17H27NO5. The summed E-state index contributed by atoms with van der Waals surface area (Å²) < 4.78 is 5.73. The third-order valence-electron chi connectivity index (χ3n) is 3.30. The zero-order chi connectivity index (χ0) is 17.8. The van der Waals surface area contributed by atoms with Crippen LogP contribution in [0.25, 0.3) is 0 Å². The number of nitrogens with zero attached hydrogens (tertiary/aromatic N) is 1. The Bertz CT molecular complexity index is 454. The molecule has 0 aliphatic rings. The van der Waals surface area contributed by atoms with Crippen molar-refractivity contribution in [2.75, 3.05) is 26.2 Å². The summed E-state index contributed by atoms with van der Waals surface area (Å²) in [5, 5.41) is 14.8. The van der Waals surface area contributed by atoms with E-state index in [1.807, 2.05) is 0 Å². The van der Waals surface area contributed by atoms with Crippen LogP contribution < -0.4 is 4.74 Å². The summed E-state index contributed by atoms with van der Waals surface area (Å²) in [6.45, 7) is 12.7. The molecule has 130 valence electrons. The predicted octanol–water partition coefficient (Wildman–Crippen LogP) is 2.69. The van der Waals surface area contributed by atoms with Gasteiger partial charge in [-0.3, -0.25) is 0 Å². The molecular weight excluding hydrogens is 298 g/mol. The highest BCUT2D eigenvalue weighted by Crippen LogP contribution is 2.18. The first kappa shape index (κ1) is 20.9. The van der Waals surface area contributed by atoms with Crippen molar-refractivity contribution in [1.29, 1.82) is 0 Å². The molecule has 0 bridgehead atoms. The molecule has 0 fully saturated rings. The van der Waals surface area contributed by atoms with Crippen LogP contribution in [-0.4, -0.2) is 53.3 Å². The summed E-state index contributed by atoms with van der Waals surface area (Å²) in [7, 11) is 0. The minimum Gasteiger partial charge on any atom is -0.492 e. The van der Waals surface area contributed by atoms with Gasteiger partial charge in [0.05, 0.1) is 0 Å². The second-order valence-electron chi connectivity index (χ2n) is 5.21. The number of carboxylic acids is 2. The number of hydrogen-bond donors (Lipinski definition) is 2. The molecule has 0 heterocycles. The van der Waals surface area contributed by atoms with Crippen molar-refractivity contribution in [2.24, 2.45) is 0 Å². The first-order valence-corrected chi connectivity index (χ1v) is 7.73. The second-order valence-corrected chi connectivity index (χ2v) is 5.21. The number of ether oxygens (including phenoxy) is 1. The minimum atomic E-state index is -1.82. The molecule has 1 rings (SSSR count). The van der Waals surface area contributed by atoms with Crippen LogP contribution in [0.15, 0.2) is 24.3 Å². The average Bonchev–Trinajstić information content (AvgIpc) is 2.52. The number of hydrogen-bond acceptors (Lipinski definition) is 4. The van der Waals surface area contributed by atoms with Gasteiger partial charge in [-0.2, -0.15) is 0 Å². The third kappa shape index (κ3) is 9.52. The summed E-state index contributed by atoms with van der Waals surface area (Å²) >= 11 is 0. The van der Waals surface area contributed by atoms with Crippen LogP contribution in [0.4, 0.5) is 0 Å². The summed E-state index contributed by atoms with van der Waals surface area (Å²) in [6, 6.07) is 8.43. The molecule has 0 aromatic heterocycles. The molecule has 1 aromatic carbocycles. The minimum absolute atomic E-state index is 0.583. The van der Waals surface area contributed by atoms with E-state index in [1.165, 1.54) is 5.56 Å². The maximum Gasteiger partial charge on any atom is 0.414 e. The second kappa shape index (κ2) is 11.5. The van der Waals surface area contributed by atoms with Gasteiger partial charge in [-0.05, 0) is 36.7 Å². The van der Waals surface area contributed by atoms with Crippen LogP contribution in [0.2, 0.25) is 0 Å². The van der Waals surface area contributed by atoms with E-state index in [4.69, 9.17) is 24.5 Å². The zero-order valence-corrected chi connectivity index (χ0v) is 14.3. The van der Waals surface area contributed by atoms with E-state index in [9.17, 15) is 0 Å². The van der Waals surface area contributed by atoms with Crippen LogP contribution in [0.1, 0.15) is 39.2 Å². The van der Waals surface area contributed by atoms with E-state index in [2.05, 4.69) is 56.9 Å². The topological polar surface area (TPSA) is 87.1 Å². The van der Waals surface area contributed by atoms with Crippen molar-refractivity contribution in [2.45, 2.75) is 33.6 Å². The van der Waals surface area contributed by atoms with Crippen LogP contribution >= 0.6 is 0 Å². The molecule has 0 amide bonds. The van der Waals surface area contributed by atoms with Crippen LogP contribution in [0, 0.1) is 0 Å².